The Morgan fingerprint density at radius 2 is 1.16 bits per heavy atom. The van der Waals surface area contributed by atoms with Gasteiger partial charge in [-0.15, -0.1) is 0 Å². The first-order valence-corrected chi connectivity index (χ1v) is 16.0. The van der Waals surface area contributed by atoms with E-state index >= 15 is 0 Å². The molecular weight excluding hydrogens is 554 g/mol. The number of hydrogen-bond donors (Lipinski definition) is 0. The molecule has 0 aromatic heterocycles. The third-order valence-corrected chi connectivity index (χ3v) is 8.04. The number of piperidine rings is 1. The van der Waals surface area contributed by atoms with E-state index in [4.69, 9.17) is 23.7 Å². The molecule has 0 spiro atoms. The molecule has 1 saturated heterocycles. The Kier molecular flexibility index (Phi) is 11.5. The van der Waals surface area contributed by atoms with Gasteiger partial charge >= 0.3 is 6.09 Å². The van der Waals surface area contributed by atoms with E-state index in [1.165, 1.54) is 6.42 Å². The SMILES string of the molecule is CC(C)(C)OC(=O)N1C[C@@H](OCc2ccccc2)[C@@H](OCc2ccccc2)[C@H](OCc2ccccc2)[C@@H]1OC1CCCCC1. The number of rotatable bonds is 11. The minimum Gasteiger partial charge on any atom is -0.444 e. The number of hydrogen-bond acceptors (Lipinski definition) is 6. The van der Waals surface area contributed by atoms with Crippen LogP contribution in [-0.4, -0.2) is 53.8 Å². The van der Waals surface area contributed by atoms with Crippen molar-refractivity contribution < 1.29 is 28.5 Å². The number of carbonyl (C=O) groups excluding carboxylic acids is 1. The third-order valence-electron chi connectivity index (χ3n) is 8.04. The van der Waals surface area contributed by atoms with E-state index in [-0.39, 0.29) is 12.6 Å². The molecular formula is C37H47NO6. The zero-order valence-electron chi connectivity index (χ0n) is 26.3. The first kappa shape index (κ1) is 32.2. The van der Waals surface area contributed by atoms with Crippen molar-refractivity contribution in [3.05, 3.63) is 108 Å². The standard InChI is InChI=1S/C37H47NO6/c1-37(2,3)44-36(39)38-24-32(40-25-28-16-8-4-9-17-28)33(41-26-29-18-10-5-11-19-29)34(42-27-30-20-12-6-13-21-30)35(38)43-31-22-14-7-15-23-31/h4-6,8-13,16-21,31-35H,7,14-15,22-27H2,1-3H3/t32-,33-,34+,35+/m1/s1. The van der Waals surface area contributed by atoms with Crippen LogP contribution in [0.3, 0.4) is 0 Å². The summed E-state index contributed by atoms with van der Waals surface area (Å²) in [5, 5.41) is 0. The highest BCUT2D eigenvalue weighted by atomic mass is 16.6. The van der Waals surface area contributed by atoms with E-state index in [2.05, 4.69) is 0 Å². The van der Waals surface area contributed by atoms with Crippen LogP contribution in [0, 0.1) is 0 Å². The number of amides is 1. The average Bonchev–Trinajstić information content (AvgIpc) is 3.03. The van der Waals surface area contributed by atoms with Crippen molar-refractivity contribution in [1.82, 2.24) is 4.90 Å². The van der Waals surface area contributed by atoms with Gasteiger partial charge in [0, 0.05) is 0 Å². The van der Waals surface area contributed by atoms with Gasteiger partial charge in [0.25, 0.3) is 0 Å². The maximum Gasteiger partial charge on any atom is 0.412 e. The second-order valence-corrected chi connectivity index (χ2v) is 12.8. The Labute approximate surface area is 262 Å². The van der Waals surface area contributed by atoms with E-state index < -0.39 is 36.2 Å². The van der Waals surface area contributed by atoms with Crippen LogP contribution in [0.4, 0.5) is 4.79 Å². The van der Waals surface area contributed by atoms with Gasteiger partial charge in [-0.25, -0.2) is 4.79 Å². The molecule has 0 N–H and O–H groups in total. The van der Waals surface area contributed by atoms with E-state index in [0.29, 0.717) is 19.8 Å². The van der Waals surface area contributed by atoms with Gasteiger partial charge in [-0.3, -0.25) is 4.90 Å². The quantitative estimate of drug-likeness (QED) is 0.225. The number of nitrogens with zero attached hydrogens (tertiary/aromatic N) is 1. The molecule has 0 radical (unpaired) electrons. The fourth-order valence-electron chi connectivity index (χ4n) is 5.84. The van der Waals surface area contributed by atoms with Crippen LogP contribution >= 0.6 is 0 Å². The number of likely N-dealkylation sites (tertiary alicyclic amines) is 1. The molecule has 7 heteroatoms. The minimum atomic E-state index is -0.700. The highest BCUT2D eigenvalue weighted by Crippen LogP contribution is 2.33. The Morgan fingerprint density at radius 3 is 1.66 bits per heavy atom. The summed E-state index contributed by atoms with van der Waals surface area (Å²) in [6.07, 6.45) is 2.59. The van der Waals surface area contributed by atoms with Crippen molar-refractivity contribution in [1.29, 1.82) is 0 Å². The molecule has 0 bridgehead atoms. The van der Waals surface area contributed by atoms with Crippen molar-refractivity contribution in [2.24, 2.45) is 0 Å². The minimum absolute atomic E-state index is 0.0260. The Bertz CT molecular complexity index is 1260. The molecule has 5 rings (SSSR count). The Hall–Kier alpha value is -3.23. The largest absolute Gasteiger partial charge is 0.444 e. The summed E-state index contributed by atoms with van der Waals surface area (Å²) >= 11 is 0. The molecule has 1 aliphatic carbocycles. The monoisotopic (exact) mass is 601 g/mol. The average molecular weight is 602 g/mol. The lowest BCUT2D eigenvalue weighted by Crippen LogP contribution is -2.66. The Morgan fingerprint density at radius 1 is 0.682 bits per heavy atom. The van der Waals surface area contributed by atoms with Crippen molar-refractivity contribution >= 4 is 6.09 Å². The van der Waals surface area contributed by atoms with Crippen molar-refractivity contribution in [3.8, 4) is 0 Å². The van der Waals surface area contributed by atoms with Gasteiger partial charge < -0.3 is 23.7 Å². The molecule has 1 saturated carbocycles. The third kappa shape index (κ3) is 9.38. The lowest BCUT2D eigenvalue weighted by atomic mass is 9.96. The molecule has 3 aromatic rings. The zero-order chi connectivity index (χ0) is 30.8. The smallest absolute Gasteiger partial charge is 0.412 e. The van der Waals surface area contributed by atoms with Gasteiger partial charge in [0.05, 0.1) is 32.5 Å². The molecule has 236 valence electrons. The van der Waals surface area contributed by atoms with Gasteiger partial charge in [0.1, 0.15) is 23.9 Å². The van der Waals surface area contributed by atoms with Gasteiger partial charge in [-0.2, -0.15) is 0 Å². The van der Waals surface area contributed by atoms with E-state index in [0.717, 1.165) is 42.4 Å². The maximum atomic E-state index is 13.9. The van der Waals surface area contributed by atoms with Crippen LogP contribution in [0.25, 0.3) is 0 Å². The lowest BCUT2D eigenvalue weighted by Gasteiger charge is -2.48. The van der Waals surface area contributed by atoms with Gasteiger partial charge in [-0.1, -0.05) is 110 Å². The normalized spacial score (nSPS) is 22.9. The topological polar surface area (TPSA) is 66.5 Å². The molecule has 0 unspecified atom stereocenters. The molecule has 1 amide bonds. The second kappa shape index (κ2) is 15.7. The molecule has 2 fully saturated rings. The van der Waals surface area contributed by atoms with Crippen molar-refractivity contribution in [2.75, 3.05) is 6.54 Å². The number of ether oxygens (including phenoxy) is 5. The first-order chi connectivity index (χ1) is 21.4. The predicted molar refractivity (Wildman–Crippen MR) is 170 cm³/mol. The van der Waals surface area contributed by atoms with Crippen LogP contribution in [0.15, 0.2) is 91.0 Å². The van der Waals surface area contributed by atoms with Crippen LogP contribution in [0.2, 0.25) is 0 Å². The molecule has 2 aliphatic rings. The second-order valence-electron chi connectivity index (χ2n) is 12.8. The fourth-order valence-corrected chi connectivity index (χ4v) is 5.84. The van der Waals surface area contributed by atoms with Crippen LogP contribution in [0.1, 0.15) is 69.6 Å². The van der Waals surface area contributed by atoms with E-state index in [9.17, 15) is 4.79 Å². The summed E-state index contributed by atoms with van der Waals surface area (Å²) < 4.78 is 32.8. The van der Waals surface area contributed by atoms with Crippen LogP contribution < -0.4 is 0 Å². The van der Waals surface area contributed by atoms with E-state index in [1.807, 2.05) is 112 Å². The number of carbonyl (C=O) groups is 1. The van der Waals surface area contributed by atoms with Crippen molar-refractivity contribution in [3.63, 3.8) is 0 Å². The summed E-state index contributed by atoms with van der Waals surface area (Å²) in [5.41, 5.74) is 2.45. The maximum absolute atomic E-state index is 13.9. The molecule has 1 aliphatic heterocycles. The van der Waals surface area contributed by atoms with Gasteiger partial charge in [0.2, 0.25) is 0 Å². The lowest BCUT2D eigenvalue weighted by molar-refractivity contribution is -0.258. The van der Waals surface area contributed by atoms with E-state index in [1.54, 1.807) is 4.90 Å². The summed E-state index contributed by atoms with van der Waals surface area (Å²) in [4.78, 5) is 15.5. The first-order valence-electron chi connectivity index (χ1n) is 16.0. The Balaban J connectivity index is 1.49. The molecule has 44 heavy (non-hydrogen) atoms. The van der Waals surface area contributed by atoms with Gasteiger partial charge in [-0.05, 0) is 50.3 Å². The molecule has 7 nitrogen and oxygen atoms in total. The molecule has 4 atom stereocenters. The zero-order valence-corrected chi connectivity index (χ0v) is 26.3. The highest BCUT2D eigenvalue weighted by molar-refractivity contribution is 5.68. The van der Waals surface area contributed by atoms with Crippen LogP contribution in [0.5, 0.6) is 0 Å². The summed E-state index contributed by atoms with van der Waals surface area (Å²) in [7, 11) is 0. The summed E-state index contributed by atoms with van der Waals surface area (Å²) in [6, 6.07) is 30.2. The van der Waals surface area contributed by atoms with Gasteiger partial charge in [0.15, 0.2) is 6.23 Å². The fraction of sp³-hybridized carbons (Fsp3) is 0.486. The molecule has 3 aromatic carbocycles. The van der Waals surface area contributed by atoms with Crippen molar-refractivity contribution in [2.45, 2.75) is 109 Å². The van der Waals surface area contributed by atoms with Crippen LogP contribution in [-0.2, 0) is 43.5 Å². The predicted octanol–water partition coefficient (Wildman–Crippen LogP) is 7.67. The highest BCUT2D eigenvalue weighted by Gasteiger charge is 2.50. The summed E-state index contributed by atoms with van der Waals surface area (Å²) in [5.74, 6) is 0. The summed E-state index contributed by atoms with van der Waals surface area (Å²) in [6.45, 7) is 6.99. The number of benzene rings is 3. The molecule has 1 heterocycles.